The lowest BCUT2D eigenvalue weighted by molar-refractivity contribution is -0.123. The summed E-state index contributed by atoms with van der Waals surface area (Å²) in [6.45, 7) is 2.84. The third-order valence-electron chi connectivity index (χ3n) is 5.13. The second-order valence-corrected chi connectivity index (χ2v) is 9.52. The molecule has 186 valence electrons. The van der Waals surface area contributed by atoms with E-state index in [1.807, 2.05) is 37.3 Å². The van der Waals surface area contributed by atoms with Gasteiger partial charge in [-0.1, -0.05) is 30.3 Å². The van der Waals surface area contributed by atoms with Crippen LogP contribution in [0.25, 0.3) is 6.08 Å². The van der Waals surface area contributed by atoms with Crippen molar-refractivity contribution in [2.75, 3.05) is 19.8 Å². The van der Waals surface area contributed by atoms with Gasteiger partial charge in [0.1, 0.15) is 24.8 Å². The largest absolute Gasteiger partial charge is 0.492 e. The predicted octanol–water partition coefficient (Wildman–Crippen LogP) is 6.68. The average molecular weight is 572 g/mol. The number of benzene rings is 3. The van der Waals surface area contributed by atoms with Gasteiger partial charge in [-0.15, -0.1) is 0 Å². The van der Waals surface area contributed by atoms with Gasteiger partial charge in [0.25, 0.3) is 11.1 Å². The molecule has 1 heterocycles. The molecule has 1 aliphatic heterocycles. The zero-order valence-electron chi connectivity index (χ0n) is 19.4. The number of imide groups is 1. The SMILES string of the molecule is CCOc1cc(/C=C2\SC(=O)N(CCOc3ccccc3)C2=O)cc(Br)c1OCc1ccc(F)cc1. The summed E-state index contributed by atoms with van der Waals surface area (Å²) >= 11 is 4.40. The van der Waals surface area contributed by atoms with Crippen molar-refractivity contribution >= 4 is 44.9 Å². The topological polar surface area (TPSA) is 65.1 Å². The number of rotatable bonds is 10. The molecule has 0 aliphatic carbocycles. The van der Waals surface area contributed by atoms with E-state index in [-0.39, 0.29) is 36.7 Å². The second kappa shape index (κ2) is 12.1. The Morgan fingerprint density at radius 1 is 1.00 bits per heavy atom. The van der Waals surface area contributed by atoms with E-state index in [1.165, 1.54) is 17.0 Å². The standard InChI is InChI=1S/C27H23BrFNO5S/c1-2-33-23-15-19(14-22(28)25(23)35-17-18-8-10-20(29)11-9-18)16-24-26(31)30(27(32)36-24)12-13-34-21-6-4-3-5-7-21/h3-11,14-16H,2,12-13,17H2,1H3/b24-16-. The van der Waals surface area contributed by atoms with Gasteiger partial charge in [0.2, 0.25) is 0 Å². The Morgan fingerprint density at radius 3 is 2.47 bits per heavy atom. The fraction of sp³-hybridized carbons (Fsp3) is 0.185. The van der Waals surface area contributed by atoms with Gasteiger partial charge in [0.15, 0.2) is 11.5 Å². The van der Waals surface area contributed by atoms with Crippen LogP contribution in [0.15, 0.2) is 76.1 Å². The molecule has 2 amide bonds. The van der Waals surface area contributed by atoms with Crippen LogP contribution >= 0.6 is 27.7 Å². The summed E-state index contributed by atoms with van der Waals surface area (Å²) < 4.78 is 31.1. The zero-order valence-corrected chi connectivity index (χ0v) is 21.8. The molecule has 0 aromatic heterocycles. The number of hydrogen-bond donors (Lipinski definition) is 0. The number of carbonyl (C=O) groups is 2. The van der Waals surface area contributed by atoms with Crippen molar-refractivity contribution < 1.29 is 28.2 Å². The van der Waals surface area contributed by atoms with Gasteiger partial charge >= 0.3 is 0 Å². The Balaban J connectivity index is 1.46. The Bertz CT molecular complexity index is 1270. The highest BCUT2D eigenvalue weighted by Gasteiger charge is 2.35. The maximum Gasteiger partial charge on any atom is 0.293 e. The first-order valence-corrected chi connectivity index (χ1v) is 12.8. The van der Waals surface area contributed by atoms with Crippen LogP contribution in [0.5, 0.6) is 17.2 Å². The van der Waals surface area contributed by atoms with E-state index >= 15 is 0 Å². The molecule has 0 spiro atoms. The zero-order chi connectivity index (χ0) is 25.5. The van der Waals surface area contributed by atoms with E-state index in [1.54, 1.807) is 30.3 Å². The molecule has 1 fully saturated rings. The third-order valence-corrected chi connectivity index (χ3v) is 6.62. The normalized spacial score (nSPS) is 14.4. The summed E-state index contributed by atoms with van der Waals surface area (Å²) in [6, 6.07) is 18.8. The molecule has 6 nitrogen and oxygen atoms in total. The fourth-order valence-corrected chi connectivity index (χ4v) is 4.87. The number of carbonyl (C=O) groups excluding carboxylic acids is 2. The van der Waals surface area contributed by atoms with E-state index in [4.69, 9.17) is 14.2 Å². The third kappa shape index (κ3) is 6.47. The molecule has 9 heteroatoms. The van der Waals surface area contributed by atoms with E-state index in [9.17, 15) is 14.0 Å². The van der Waals surface area contributed by atoms with Crippen molar-refractivity contribution in [3.05, 3.63) is 93.1 Å². The molecule has 0 saturated carbocycles. The van der Waals surface area contributed by atoms with Gasteiger partial charge in [0, 0.05) is 0 Å². The Labute approximate surface area is 221 Å². The van der Waals surface area contributed by atoms with Gasteiger partial charge in [-0.05, 0) is 88.2 Å². The highest BCUT2D eigenvalue weighted by molar-refractivity contribution is 9.10. The molecule has 1 saturated heterocycles. The van der Waals surface area contributed by atoms with Crippen LogP contribution in [0, 0.1) is 5.82 Å². The predicted molar refractivity (Wildman–Crippen MR) is 141 cm³/mol. The first-order chi connectivity index (χ1) is 17.4. The summed E-state index contributed by atoms with van der Waals surface area (Å²) in [7, 11) is 0. The summed E-state index contributed by atoms with van der Waals surface area (Å²) in [5, 5.41) is -0.341. The Morgan fingerprint density at radius 2 is 1.75 bits per heavy atom. The smallest absolute Gasteiger partial charge is 0.293 e. The minimum Gasteiger partial charge on any atom is -0.492 e. The van der Waals surface area contributed by atoms with E-state index < -0.39 is 0 Å². The molecule has 4 rings (SSSR count). The van der Waals surface area contributed by atoms with Gasteiger partial charge in [-0.2, -0.15) is 0 Å². The van der Waals surface area contributed by atoms with Crippen LogP contribution in [-0.2, 0) is 11.4 Å². The molecule has 1 aliphatic rings. The molecule has 3 aromatic rings. The number of nitrogens with zero attached hydrogens (tertiary/aromatic N) is 1. The van der Waals surface area contributed by atoms with Gasteiger partial charge < -0.3 is 14.2 Å². The maximum absolute atomic E-state index is 13.2. The molecule has 0 unspecified atom stereocenters. The maximum atomic E-state index is 13.2. The van der Waals surface area contributed by atoms with Crippen molar-refractivity contribution in [2.24, 2.45) is 0 Å². The molecule has 0 atom stereocenters. The number of hydrogen-bond acceptors (Lipinski definition) is 6. The lowest BCUT2D eigenvalue weighted by Crippen LogP contribution is -2.32. The highest BCUT2D eigenvalue weighted by atomic mass is 79.9. The summed E-state index contributed by atoms with van der Waals surface area (Å²) in [4.78, 5) is 26.8. The van der Waals surface area contributed by atoms with Crippen LogP contribution in [0.3, 0.4) is 0 Å². The van der Waals surface area contributed by atoms with Crippen LogP contribution in [0.1, 0.15) is 18.1 Å². The van der Waals surface area contributed by atoms with Gasteiger partial charge in [-0.3, -0.25) is 14.5 Å². The van der Waals surface area contributed by atoms with Crippen LogP contribution in [0.2, 0.25) is 0 Å². The lowest BCUT2D eigenvalue weighted by Gasteiger charge is -2.15. The number of halogens is 2. The monoisotopic (exact) mass is 571 g/mol. The Hall–Kier alpha value is -3.30. The first kappa shape index (κ1) is 25.8. The summed E-state index contributed by atoms with van der Waals surface area (Å²) in [6.07, 6.45) is 1.65. The molecular weight excluding hydrogens is 549 g/mol. The quantitative estimate of drug-likeness (QED) is 0.253. The van der Waals surface area contributed by atoms with Crippen LogP contribution in [-0.4, -0.2) is 35.8 Å². The molecular formula is C27H23BrFNO5S. The molecule has 3 aromatic carbocycles. The summed E-state index contributed by atoms with van der Waals surface area (Å²) in [5.74, 6) is 0.968. The van der Waals surface area contributed by atoms with Crippen molar-refractivity contribution in [3.8, 4) is 17.2 Å². The number of para-hydroxylation sites is 1. The van der Waals surface area contributed by atoms with Crippen molar-refractivity contribution in [2.45, 2.75) is 13.5 Å². The number of ether oxygens (including phenoxy) is 3. The van der Waals surface area contributed by atoms with E-state index in [2.05, 4.69) is 15.9 Å². The fourth-order valence-electron chi connectivity index (χ4n) is 3.43. The van der Waals surface area contributed by atoms with Gasteiger partial charge in [-0.25, -0.2) is 4.39 Å². The minimum absolute atomic E-state index is 0.154. The van der Waals surface area contributed by atoms with E-state index in [0.717, 1.165) is 17.3 Å². The number of thioether (sulfide) groups is 1. The summed E-state index contributed by atoms with van der Waals surface area (Å²) in [5.41, 5.74) is 1.48. The van der Waals surface area contributed by atoms with E-state index in [0.29, 0.717) is 38.8 Å². The van der Waals surface area contributed by atoms with Gasteiger partial charge in [0.05, 0.1) is 22.5 Å². The highest BCUT2D eigenvalue weighted by Crippen LogP contribution is 2.39. The van der Waals surface area contributed by atoms with Crippen molar-refractivity contribution in [1.29, 1.82) is 0 Å². The molecule has 0 radical (unpaired) electrons. The average Bonchev–Trinajstić information content (AvgIpc) is 3.13. The molecule has 36 heavy (non-hydrogen) atoms. The lowest BCUT2D eigenvalue weighted by atomic mass is 10.1. The first-order valence-electron chi connectivity index (χ1n) is 11.2. The molecule has 0 N–H and O–H groups in total. The van der Waals surface area contributed by atoms with Crippen LogP contribution in [0.4, 0.5) is 9.18 Å². The van der Waals surface area contributed by atoms with Crippen molar-refractivity contribution in [1.82, 2.24) is 4.90 Å². The second-order valence-electron chi connectivity index (χ2n) is 7.67. The number of amides is 2. The minimum atomic E-state index is -0.368. The van der Waals surface area contributed by atoms with Crippen molar-refractivity contribution in [3.63, 3.8) is 0 Å². The van der Waals surface area contributed by atoms with Crippen LogP contribution < -0.4 is 14.2 Å². The Kier molecular flexibility index (Phi) is 8.66. The molecule has 0 bridgehead atoms.